The van der Waals surface area contributed by atoms with Crippen LogP contribution in [0.25, 0.3) is 0 Å². The number of hydrogen-bond acceptors (Lipinski definition) is 0. The zero-order valence-corrected chi connectivity index (χ0v) is 23.4. The third kappa shape index (κ3) is 3.94. The first-order valence-corrected chi connectivity index (χ1v) is 17.2. The molecule has 1 heteroatoms. The molecule has 0 atom stereocenters. The summed E-state index contributed by atoms with van der Waals surface area (Å²) in [6, 6.07) is 30.7. The summed E-state index contributed by atoms with van der Waals surface area (Å²) in [7, 11) is 0. The van der Waals surface area contributed by atoms with Crippen molar-refractivity contribution in [2.24, 2.45) is 0 Å². The Balaban J connectivity index is 2.29. The molecule has 4 aromatic rings. The fourth-order valence-electron chi connectivity index (χ4n) is 5.12. The molecule has 0 unspecified atom stereocenters. The Morgan fingerprint density at radius 1 is 0.375 bits per heavy atom. The van der Waals surface area contributed by atoms with Crippen molar-refractivity contribution in [3.8, 4) is 0 Å². The van der Waals surface area contributed by atoms with Gasteiger partial charge in [0, 0.05) is 0 Å². The minimum atomic E-state index is -3.66. The van der Waals surface area contributed by atoms with Gasteiger partial charge in [-0.15, -0.1) is 0 Å². The summed E-state index contributed by atoms with van der Waals surface area (Å²) in [5, 5.41) is 0. The summed E-state index contributed by atoms with van der Waals surface area (Å²) in [6.07, 6.45) is 0. The molecule has 0 aliphatic heterocycles. The maximum absolute atomic E-state index is 3.66. The normalized spacial score (nSPS) is 11.6. The van der Waals surface area contributed by atoms with E-state index in [9.17, 15) is 0 Å². The van der Waals surface area contributed by atoms with Crippen LogP contribution in [0.15, 0.2) is 78.9 Å². The van der Waals surface area contributed by atoms with Crippen LogP contribution in [0.1, 0.15) is 38.9 Å². The van der Waals surface area contributed by atoms with E-state index in [1.54, 1.807) is 10.7 Å². The van der Waals surface area contributed by atoms with Gasteiger partial charge in [-0.1, -0.05) is 0 Å². The van der Waals surface area contributed by atoms with Gasteiger partial charge >= 0.3 is 199 Å². The molecule has 0 aliphatic carbocycles. The molecule has 162 valence electrons. The summed E-state index contributed by atoms with van der Waals surface area (Å²) in [5.74, 6) is 0. The van der Waals surface area contributed by atoms with Crippen LogP contribution in [0, 0.1) is 48.5 Å². The van der Waals surface area contributed by atoms with E-state index in [-0.39, 0.29) is 0 Å². The molecule has 4 aromatic carbocycles. The fourth-order valence-corrected chi connectivity index (χ4v) is 21.8. The van der Waals surface area contributed by atoms with Crippen molar-refractivity contribution < 1.29 is 0 Å². The first kappa shape index (κ1) is 22.9. The minimum absolute atomic E-state index is 1.32. The second-order valence-corrected chi connectivity index (χ2v) is 20.1. The maximum atomic E-state index is 2.49. The molecular weight excluding hydrogens is 491 g/mol. The van der Waals surface area contributed by atoms with Crippen molar-refractivity contribution >= 4 is 32.7 Å². The van der Waals surface area contributed by atoms with E-state index < -0.39 is 18.4 Å². The second kappa shape index (κ2) is 8.90. The molecule has 0 N–H and O–H groups in total. The second-order valence-electron chi connectivity index (χ2n) is 9.57. The van der Waals surface area contributed by atoms with E-state index in [1.807, 2.05) is 0 Å². The van der Waals surface area contributed by atoms with Gasteiger partial charge in [0.25, 0.3) is 0 Å². The monoisotopic (exact) mass is 526 g/mol. The zero-order valence-electron chi connectivity index (χ0n) is 20.5. The quantitative estimate of drug-likeness (QED) is 0.321. The molecule has 0 heterocycles. The number of hydrogen-bond donors (Lipinski definition) is 0. The van der Waals surface area contributed by atoms with Crippen LogP contribution in [0.4, 0.5) is 0 Å². The van der Waals surface area contributed by atoms with Gasteiger partial charge in [0.1, 0.15) is 0 Å². The molecule has 32 heavy (non-hydrogen) atoms. The van der Waals surface area contributed by atoms with Crippen LogP contribution in [-0.4, -0.2) is 18.4 Å². The van der Waals surface area contributed by atoms with Crippen molar-refractivity contribution in [2.45, 2.75) is 48.5 Å². The van der Waals surface area contributed by atoms with Crippen LogP contribution in [-0.2, 0) is 0 Å². The van der Waals surface area contributed by atoms with Crippen molar-refractivity contribution in [3.63, 3.8) is 0 Å². The number of rotatable bonds is 4. The van der Waals surface area contributed by atoms with Gasteiger partial charge in [0.2, 0.25) is 0 Å². The van der Waals surface area contributed by atoms with Gasteiger partial charge in [0.15, 0.2) is 0 Å². The molecule has 0 nitrogen and oxygen atoms in total. The van der Waals surface area contributed by atoms with Crippen molar-refractivity contribution in [2.75, 3.05) is 0 Å². The Labute approximate surface area is 198 Å². The summed E-state index contributed by atoms with van der Waals surface area (Å²) >= 11 is -3.66. The van der Waals surface area contributed by atoms with E-state index in [0.717, 1.165) is 0 Å². The first-order chi connectivity index (χ1) is 15.2. The van der Waals surface area contributed by atoms with Gasteiger partial charge in [-0.05, 0) is 0 Å². The summed E-state index contributed by atoms with van der Waals surface area (Å²) < 4.78 is 6.25. The standard InChI is InChI=1S/3C8H9.C7H7.Sn/c3*1-7-3-5-8(2)6-4-7;1-7-5-3-2-4-6-7;/h3*3-5H,1-2H3;3-6H,1H3;. The van der Waals surface area contributed by atoms with Gasteiger partial charge < -0.3 is 0 Å². The van der Waals surface area contributed by atoms with Gasteiger partial charge in [-0.25, -0.2) is 0 Å². The molecule has 0 saturated heterocycles. The first-order valence-electron chi connectivity index (χ1n) is 11.5. The van der Waals surface area contributed by atoms with Gasteiger partial charge in [-0.2, -0.15) is 0 Å². The Morgan fingerprint density at radius 2 is 0.688 bits per heavy atom. The Morgan fingerprint density at radius 3 is 1.03 bits per heavy atom. The molecule has 0 saturated carbocycles. The molecule has 0 amide bonds. The van der Waals surface area contributed by atoms with Crippen LogP contribution in [0.5, 0.6) is 0 Å². The van der Waals surface area contributed by atoms with Crippen LogP contribution < -0.4 is 14.3 Å². The predicted molar refractivity (Wildman–Crippen MR) is 143 cm³/mol. The molecule has 0 aliphatic rings. The average molecular weight is 525 g/mol. The van der Waals surface area contributed by atoms with Gasteiger partial charge in [-0.3, -0.25) is 0 Å². The molecule has 0 fully saturated rings. The van der Waals surface area contributed by atoms with E-state index in [2.05, 4.69) is 127 Å². The molecule has 0 bridgehead atoms. The third-order valence-corrected chi connectivity index (χ3v) is 21.8. The molecule has 0 spiro atoms. The van der Waals surface area contributed by atoms with Crippen molar-refractivity contribution in [3.05, 3.63) is 118 Å². The third-order valence-electron chi connectivity index (χ3n) is 6.88. The number of benzene rings is 4. The van der Waals surface area contributed by atoms with Crippen LogP contribution in [0.3, 0.4) is 0 Å². The Hall–Kier alpha value is -2.32. The Bertz CT molecular complexity index is 1150. The van der Waals surface area contributed by atoms with E-state index >= 15 is 0 Å². The summed E-state index contributed by atoms with van der Waals surface area (Å²) in [5.41, 5.74) is 9.58. The van der Waals surface area contributed by atoms with E-state index in [0.29, 0.717) is 0 Å². The summed E-state index contributed by atoms with van der Waals surface area (Å²) in [6.45, 7) is 15.8. The molecule has 0 aromatic heterocycles. The van der Waals surface area contributed by atoms with Crippen LogP contribution in [0.2, 0.25) is 0 Å². The van der Waals surface area contributed by atoms with E-state index in [1.165, 1.54) is 42.5 Å². The molecular formula is C31H34Sn. The Kier molecular flexibility index (Phi) is 6.36. The van der Waals surface area contributed by atoms with Crippen molar-refractivity contribution in [1.82, 2.24) is 0 Å². The molecule has 4 rings (SSSR count). The SMILES string of the molecule is Cc1cc[c]([Sn]([c]2cc(C)ccc2C)([c]2cc(C)ccc2C)[c]2cc(C)ccc2C)cc1. The van der Waals surface area contributed by atoms with E-state index in [4.69, 9.17) is 0 Å². The average Bonchev–Trinajstić information content (AvgIpc) is 2.76. The number of aryl methyl sites for hydroxylation is 7. The van der Waals surface area contributed by atoms with Crippen LogP contribution >= 0.6 is 0 Å². The molecule has 0 radical (unpaired) electrons. The topological polar surface area (TPSA) is 0 Å². The zero-order chi connectivity index (χ0) is 23.0. The fraction of sp³-hybridized carbons (Fsp3) is 0.226. The van der Waals surface area contributed by atoms with Gasteiger partial charge in [0.05, 0.1) is 0 Å². The summed E-state index contributed by atoms with van der Waals surface area (Å²) in [4.78, 5) is 0. The van der Waals surface area contributed by atoms with Crippen molar-refractivity contribution in [1.29, 1.82) is 0 Å². The predicted octanol–water partition coefficient (Wildman–Crippen LogP) is 5.22.